The van der Waals surface area contributed by atoms with E-state index in [2.05, 4.69) is 70.9 Å². The molecule has 0 saturated carbocycles. The van der Waals surface area contributed by atoms with Crippen molar-refractivity contribution in [3.05, 3.63) is 71.8 Å². The minimum atomic E-state index is 0. The maximum absolute atomic E-state index is 12.1. The number of nitrogens with zero attached hydrogens (tertiary/aromatic N) is 2. The highest BCUT2D eigenvalue weighted by atomic mass is 35.5. The number of amides is 1. The third-order valence-electron chi connectivity index (χ3n) is 4.59. The lowest BCUT2D eigenvalue weighted by molar-refractivity contribution is -0.132. The normalized spacial score (nSPS) is 15.0. The van der Waals surface area contributed by atoms with Crippen LogP contribution in [0.2, 0.25) is 0 Å². The summed E-state index contributed by atoms with van der Waals surface area (Å²) in [5.41, 5.74) is 2.61. The molecule has 0 radical (unpaired) electrons. The Kier molecular flexibility index (Phi) is 7.44. The van der Waals surface area contributed by atoms with E-state index in [-0.39, 0.29) is 24.4 Å². The lowest BCUT2D eigenvalue weighted by Crippen LogP contribution is -2.51. The summed E-state index contributed by atoms with van der Waals surface area (Å²) in [7, 11) is 1.81. The summed E-state index contributed by atoms with van der Waals surface area (Å²) < 4.78 is 0. The van der Waals surface area contributed by atoms with Gasteiger partial charge in [0.25, 0.3) is 0 Å². The molecule has 1 aliphatic heterocycles. The number of piperazine rings is 1. The zero-order valence-corrected chi connectivity index (χ0v) is 15.4. The minimum Gasteiger partial charge on any atom is -0.339 e. The van der Waals surface area contributed by atoms with Gasteiger partial charge in [-0.25, -0.2) is 0 Å². The van der Waals surface area contributed by atoms with Gasteiger partial charge in [-0.3, -0.25) is 9.69 Å². The molecule has 4 nitrogen and oxygen atoms in total. The first-order valence-electron chi connectivity index (χ1n) is 8.56. The number of hydrogen-bond acceptors (Lipinski definition) is 3. The summed E-state index contributed by atoms with van der Waals surface area (Å²) in [6.07, 6.45) is 0. The molecule has 1 amide bonds. The first kappa shape index (κ1) is 19.4. The van der Waals surface area contributed by atoms with E-state index in [9.17, 15) is 4.79 Å². The standard InChI is InChI=1S/C20H25N3O.ClH/c1-21-16-19(24)22-12-14-23(15-13-22)20(17-8-4-2-5-9-17)18-10-6-3-7-11-18;/h2-11,20-21H,12-16H2,1H3;1H. The highest BCUT2D eigenvalue weighted by Gasteiger charge is 2.27. The molecule has 2 aromatic carbocycles. The van der Waals surface area contributed by atoms with Crippen LogP contribution in [0.4, 0.5) is 0 Å². The van der Waals surface area contributed by atoms with Gasteiger partial charge < -0.3 is 10.2 Å². The van der Waals surface area contributed by atoms with Crippen molar-refractivity contribution in [3.8, 4) is 0 Å². The molecule has 0 aromatic heterocycles. The quantitative estimate of drug-likeness (QED) is 0.891. The van der Waals surface area contributed by atoms with Gasteiger partial charge in [0, 0.05) is 26.2 Å². The third kappa shape index (κ3) is 4.82. The topological polar surface area (TPSA) is 35.6 Å². The van der Waals surface area contributed by atoms with Crippen LogP contribution in [0.3, 0.4) is 0 Å². The van der Waals surface area contributed by atoms with E-state index in [1.165, 1.54) is 11.1 Å². The van der Waals surface area contributed by atoms with Gasteiger partial charge >= 0.3 is 0 Å². The average Bonchev–Trinajstić information content (AvgIpc) is 2.64. The van der Waals surface area contributed by atoms with Crippen molar-refractivity contribution in [2.75, 3.05) is 39.8 Å². The van der Waals surface area contributed by atoms with Crippen LogP contribution in [0.25, 0.3) is 0 Å². The first-order valence-corrected chi connectivity index (χ1v) is 8.56. The van der Waals surface area contributed by atoms with Gasteiger partial charge in [0.15, 0.2) is 0 Å². The van der Waals surface area contributed by atoms with Crippen LogP contribution in [0.15, 0.2) is 60.7 Å². The molecule has 1 fully saturated rings. The van der Waals surface area contributed by atoms with E-state index < -0.39 is 0 Å². The number of nitrogens with one attached hydrogen (secondary N) is 1. The van der Waals surface area contributed by atoms with Crippen LogP contribution >= 0.6 is 12.4 Å². The van der Waals surface area contributed by atoms with E-state index in [0.717, 1.165) is 26.2 Å². The van der Waals surface area contributed by atoms with Crippen molar-refractivity contribution >= 4 is 18.3 Å². The molecule has 0 aliphatic carbocycles. The van der Waals surface area contributed by atoms with E-state index in [4.69, 9.17) is 0 Å². The Balaban J connectivity index is 0.00000225. The largest absolute Gasteiger partial charge is 0.339 e. The van der Waals surface area contributed by atoms with Crippen molar-refractivity contribution in [1.29, 1.82) is 0 Å². The molecule has 2 aromatic rings. The molecule has 0 atom stereocenters. The molecular formula is C20H26ClN3O. The van der Waals surface area contributed by atoms with Gasteiger partial charge in [0.2, 0.25) is 5.91 Å². The molecule has 1 N–H and O–H groups in total. The molecule has 0 spiro atoms. The Bertz CT molecular complexity index is 603. The Hall–Kier alpha value is -1.88. The highest BCUT2D eigenvalue weighted by Crippen LogP contribution is 2.29. The molecule has 1 saturated heterocycles. The van der Waals surface area contributed by atoms with Gasteiger partial charge in [-0.05, 0) is 18.2 Å². The fraction of sp³-hybridized carbons (Fsp3) is 0.350. The Morgan fingerprint density at radius 2 is 1.40 bits per heavy atom. The van der Waals surface area contributed by atoms with Crippen molar-refractivity contribution in [2.45, 2.75) is 6.04 Å². The number of benzene rings is 2. The smallest absolute Gasteiger partial charge is 0.236 e. The third-order valence-corrected chi connectivity index (χ3v) is 4.59. The Labute approximate surface area is 156 Å². The van der Waals surface area contributed by atoms with E-state index in [0.29, 0.717) is 6.54 Å². The number of rotatable bonds is 5. The van der Waals surface area contributed by atoms with Crippen molar-refractivity contribution < 1.29 is 4.79 Å². The van der Waals surface area contributed by atoms with Crippen LogP contribution in [0.5, 0.6) is 0 Å². The molecule has 25 heavy (non-hydrogen) atoms. The van der Waals surface area contributed by atoms with Crippen molar-refractivity contribution in [1.82, 2.24) is 15.1 Å². The van der Waals surface area contributed by atoms with Gasteiger partial charge in [-0.15, -0.1) is 12.4 Å². The second-order valence-electron chi connectivity index (χ2n) is 6.17. The van der Waals surface area contributed by atoms with E-state index in [1.54, 1.807) is 0 Å². The van der Waals surface area contributed by atoms with E-state index >= 15 is 0 Å². The fourth-order valence-electron chi connectivity index (χ4n) is 3.38. The van der Waals surface area contributed by atoms with Crippen LogP contribution < -0.4 is 5.32 Å². The van der Waals surface area contributed by atoms with Gasteiger partial charge in [-0.2, -0.15) is 0 Å². The number of likely N-dealkylation sites (N-methyl/N-ethyl adjacent to an activating group) is 1. The fourth-order valence-corrected chi connectivity index (χ4v) is 3.38. The zero-order valence-electron chi connectivity index (χ0n) is 14.6. The molecule has 0 bridgehead atoms. The first-order chi connectivity index (χ1) is 11.8. The number of hydrogen-bond donors (Lipinski definition) is 1. The number of carbonyl (C=O) groups is 1. The highest BCUT2D eigenvalue weighted by molar-refractivity contribution is 5.85. The Morgan fingerprint density at radius 1 is 0.920 bits per heavy atom. The summed E-state index contributed by atoms with van der Waals surface area (Å²) in [5.74, 6) is 0.188. The summed E-state index contributed by atoms with van der Waals surface area (Å²) in [6, 6.07) is 21.5. The van der Waals surface area contributed by atoms with Crippen molar-refractivity contribution in [2.24, 2.45) is 0 Å². The van der Waals surface area contributed by atoms with Crippen molar-refractivity contribution in [3.63, 3.8) is 0 Å². The number of halogens is 1. The van der Waals surface area contributed by atoms with Crippen LogP contribution in [-0.4, -0.2) is 55.5 Å². The summed E-state index contributed by atoms with van der Waals surface area (Å²) >= 11 is 0. The Morgan fingerprint density at radius 3 is 1.84 bits per heavy atom. The zero-order chi connectivity index (χ0) is 16.8. The second-order valence-corrected chi connectivity index (χ2v) is 6.17. The predicted molar refractivity (Wildman–Crippen MR) is 104 cm³/mol. The van der Waals surface area contributed by atoms with Crippen LogP contribution in [0, 0.1) is 0 Å². The molecule has 0 unspecified atom stereocenters. The van der Waals surface area contributed by atoms with Crippen LogP contribution in [0.1, 0.15) is 17.2 Å². The molecule has 134 valence electrons. The van der Waals surface area contributed by atoms with Crippen LogP contribution in [-0.2, 0) is 4.79 Å². The maximum Gasteiger partial charge on any atom is 0.236 e. The monoisotopic (exact) mass is 359 g/mol. The molecule has 1 aliphatic rings. The molecule has 1 heterocycles. The molecular weight excluding hydrogens is 334 g/mol. The van der Waals surface area contributed by atoms with Gasteiger partial charge in [0.1, 0.15) is 0 Å². The second kappa shape index (κ2) is 9.56. The maximum atomic E-state index is 12.1. The lowest BCUT2D eigenvalue weighted by atomic mass is 9.96. The number of carbonyl (C=O) groups excluding carboxylic acids is 1. The summed E-state index contributed by atoms with van der Waals surface area (Å²) in [6.45, 7) is 3.78. The van der Waals surface area contributed by atoms with Gasteiger partial charge in [0.05, 0.1) is 12.6 Å². The van der Waals surface area contributed by atoms with Gasteiger partial charge in [-0.1, -0.05) is 60.7 Å². The SMILES string of the molecule is CNCC(=O)N1CCN(C(c2ccccc2)c2ccccc2)CC1.Cl. The molecule has 5 heteroatoms. The lowest BCUT2D eigenvalue weighted by Gasteiger charge is -2.39. The predicted octanol–water partition coefficient (Wildman–Crippen LogP) is 2.56. The molecule has 3 rings (SSSR count). The van der Waals surface area contributed by atoms with E-state index in [1.807, 2.05) is 11.9 Å². The summed E-state index contributed by atoms with van der Waals surface area (Å²) in [4.78, 5) is 16.5. The minimum absolute atomic E-state index is 0. The average molecular weight is 360 g/mol. The summed E-state index contributed by atoms with van der Waals surface area (Å²) in [5, 5.41) is 2.95.